The van der Waals surface area contributed by atoms with Gasteiger partial charge in [0.1, 0.15) is 5.54 Å². The minimum absolute atomic E-state index is 0.0940. The Balaban J connectivity index is 2.06. The molecule has 0 aromatic rings. The fourth-order valence-corrected chi connectivity index (χ4v) is 3.13. The molecule has 0 radical (unpaired) electrons. The van der Waals surface area contributed by atoms with Crippen LogP contribution < -0.4 is 11.1 Å². The number of amides is 1. The summed E-state index contributed by atoms with van der Waals surface area (Å²) >= 11 is 0. The largest absolute Gasteiger partial charge is 0.378 e. The van der Waals surface area contributed by atoms with Gasteiger partial charge in [0.05, 0.1) is 6.10 Å². The molecule has 1 amide bonds. The third-order valence-corrected chi connectivity index (χ3v) is 4.84. The van der Waals surface area contributed by atoms with Crippen LogP contribution in [0, 0.1) is 5.41 Å². The van der Waals surface area contributed by atoms with Crippen LogP contribution in [-0.2, 0) is 9.53 Å². The van der Waals surface area contributed by atoms with Crippen molar-refractivity contribution >= 4 is 5.91 Å². The van der Waals surface area contributed by atoms with Gasteiger partial charge in [-0.15, -0.1) is 0 Å². The molecule has 5 heteroatoms. The maximum absolute atomic E-state index is 12.7. The highest BCUT2D eigenvalue weighted by Gasteiger charge is 2.63. The van der Waals surface area contributed by atoms with Gasteiger partial charge in [0.15, 0.2) is 0 Å². The van der Waals surface area contributed by atoms with E-state index in [4.69, 9.17) is 10.5 Å². The Hall–Kier alpha value is -0.650. The highest BCUT2D eigenvalue weighted by Crippen LogP contribution is 2.50. The Bertz CT molecular complexity index is 338. The molecular weight excluding hydrogens is 242 g/mol. The molecule has 1 aliphatic heterocycles. The predicted octanol–water partition coefficient (Wildman–Crippen LogP) is 0.341. The molecule has 0 aromatic heterocycles. The van der Waals surface area contributed by atoms with Crippen molar-refractivity contribution in [2.45, 2.75) is 45.3 Å². The van der Waals surface area contributed by atoms with Crippen molar-refractivity contribution < 1.29 is 9.53 Å². The smallest absolute Gasteiger partial charge is 0.243 e. The Kier molecular flexibility index (Phi) is 4.18. The summed E-state index contributed by atoms with van der Waals surface area (Å²) in [5, 5.41) is 3.31. The van der Waals surface area contributed by atoms with E-state index in [2.05, 4.69) is 5.32 Å². The van der Waals surface area contributed by atoms with Crippen LogP contribution in [0.2, 0.25) is 0 Å². The van der Waals surface area contributed by atoms with Gasteiger partial charge in [0.25, 0.3) is 0 Å². The Morgan fingerprint density at radius 2 is 2.16 bits per heavy atom. The fraction of sp³-hybridized carbons (Fsp3) is 0.929. The lowest BCUT2D eigenvalue weighted by atomic mass is 9.54. The van der Waals surface area contributed by atoms with Gasteiger partial charge < -0.3 is 20.7 Å². The monoisotopic (exact) mass is 269 g/mol. The number of nitrogens with one attached hydrogen (secondary N) is 1. The minimum Gasteiger partial charge on any atom is -0.378 e. The Morgan fingerprint density at radius 3 is 2.79 bits per heavy atom. The van der Waals surface area contributed by atoms with Crippen molar-refractivity contribution in [2.75, 3.05) is 32.8 Å². The van der Waals surface area contributed by atoms with E-state index >= 15 is 0 Å². The van der Waals surface area contributed by atoms with Gasteiger partial charge in [-0.2, -0.15) is 0 Å². The molecule has 5 nitrogen and oxygen atoms in total. The topological polar surface area (TPSA) is 67.6 Å². The van der Waals surface area contributed by atoms with E-state index in [0.29, 0.717) is 13.0 Å². The van der Waals surface area contributed by atoms with Crippen molar-refractivity contribution in [3.63, 3.8) is 0 Å². The highest BCUT2D eigenvalue weighted by atomic mass is 16.5. The number of nitrogens with zero attached hydrogens (tertiary/aromatic N) is 1. The lowest BCUT2D eigenvalue weighted by molar-refractivity contribution is -0.179. The number of carbonyl (C=O) groups is 1. The Morgan fingerprint density at radius 1 is 1.42 bits per heavy atom. The van der Waals surface area contributed by atoms with Gasteiger partial charge in [-0.1, -0.05) is 13.8 Å². The molecule has 19 heavy (non-hydrogen) atoms. The van der Waals surface area contributed by atoms with Gasteiger partial charge in [-0.05, 0) is 19.9 Å². The van der Waals surface area contributed by atoms with Crippen molar-refractivity contribution in [2.24, 2.45) is 11.1 Å². The standard InChI is InChI=1S/C14H27N3O2/c1-4-19-11-10-14(15,13(11,2)3)12(18)17-8-5-6-16-7-9-17/h11,16H,4-10,15H2,1-3H3. The van der Waals surface area contributed by atoms with Gasteiger partial charge in [-0.25, -0.2) is 0 Å². The zero-order chi connectivity index (χ0) is 14.1. The molecule has 110 valence electrons. The maximum atomic E-state index is 12.7. The molecule has 0 aromatic carbocycles. The fourth-order valence-electron chi connectivity index (χ4n) is 3.13. The van der Waals surface area contributed by atoms with Crippen LogP contribution in [0.25, 0.3) is 0 Å². The summed E-state index contributed by atoms with van der Waals surface area (Å²) in [6.07, 6.45) is 1.73. The van der Waals surface area contributed by atoms with E-state index in [-0.39, 0.29) is 17.4 Å². The average Bonchev–Trinajstić information content (AvgIpc) is 2.66. The van der Waals surface area contributed by atoms with Crippen molar-refractivity contribution in [3.8, 4) is 0 Å². The van der Waals surface area contributed by atoms with Crippen molar-refractivity contribution in [3.05, 3.63) is 0 Å². The predicted molar refractivity (Wildman–Crippen MR) is 74.8 cm³/mol. The maximum Gasteiger partial charge on any atom is 0.243 e. The molecule has 2 rings (SSSR count). The summed E-state index contributed by atoms with van der Waals surface area (Å²) in [6.45, 7) is 10.1. The number of rotatable bonds is 3. The molecule has 1 heterocycles. The zero-order valence-corrected chi connectivity index (χ0v) is 12.4. The molecular formula is C14H27N3O2. The summed E-state index contributed by atoms with van der Waals surface area (Å²) in [5.74, 6) is 0.0946. The zero-order valence-electron chi connectivity index (χ0n) is 12.4. The summed E-state index contributed by atoms with van der Waals surface area (Å²) in [5.41, 5.74) is 5.38. The molecule has 2 fully saturated rings. The van der Waals surface area contributed by atoms with Crippen LogP contribution in [0.1, 0.15) is 33.6 Å². The second kappa shape index (κ2) is 5.38. The van der Waals surface area contributed by atoms with Gasteiger partial charge in [-0.3, -0.25) is 4.79 Å². The lowest BCUT2D eigenvalue weighted by Crippen LogP contribution is -2.76. The average molecular weight is 269 g/mol. The van der Waals surface area contributed by atoms with E-state index < -0.39 is 5.54 Å². The molecule has 2 unspecified atom stereocenters. The number of ether oxygens (including phenoxy) is 1. The van der Waals surface area contributed by atoms with E-state index in [1.807, 2.05) is 25.7 Å². The van der Waals surface area contributed by atoms with Crippen LogP contribution in [0.15, 0.2) is 0 Å². The van der Waals surface area contributed by atoms with E-state index in [1.54, 1.807) is 0 Å². The van der Waals surface area contributed by atoms with E-state index in [0.717, 1.165) is 32.6 Å². The molecule has 0 bridgehead atoms. The molecule has 1 saturated heterocycles. The molecule has 3 N–H and O–H groups in total. The molecule has 0 spiro atoms. The number of hydrogen-bond donors (Lipinski definition) is 2. The van der Waals surface area contributed by atoms with Gasteiger partial charge in [0, 0.05) is 38.1 Å². The first-order valence-corrected chi connectivity index (χ1v) is 7.34. The highest BCUT2D eigenvalue weighted by molar-refractivity contribution is 5.89. The summed E-state index contributed by atoms with van der Waals surface area (Å²) in [4.78, 5) is 14.7. The van der Waals surface area contributed by atoms with Crippen molar-refractivity contribution in [1.29, 1.82) is 0 Å². The van der Waals surface area contributed by atoms with Gasteiger partial charge in [0.2, 0.25) is 5.91 Å². The SMILES string of the molecule is CCOC1CC(N)(C(=O)N2CCCNCC2)C1(C)C. The molecule has 2 atom stereocenters. The van der Waals surface area contributed by atoms with Crippen molar-refractivity contribution in [1.82, 2.24) is 10.2 Å². The third-order valence-electron chi connectivity index (χ3n) is 4.84. The first kappa shape index (κ1) is 14.8. The Labute approximate surface area is 115 Å². The van der Waals surface area contributed by atoms with Crippen LogP contribution in [0.5, 0.6) is 0 Å². The van der Waals surface area contributed by atoms with Crippen LogP contribution in [-0.4, -0.2) is 55.2 Å². The van der Waals surface area contributed by atoms with Gasteiger partial charge >= 0.3 is 0 Å². The quantitative estimate of drug-likeness (QED) is 0.775. The lowest BCUT2D eigenvalue weighted by Gasteiger charge is -2.58. The number of hydrogen-bond acceptors (Lipinski definition) is 4. The number of nitrogens with two attached hydrogens (primary N) is 1. The van der Waals surface area contributed by atoms with E-state index in [9.17, 15) is 4.79 Å². The van der Waals surface area contributed by atoms with Crippen LogP contribution in [0.4, 0.5) is 0 Å². The molecule has 1 aliphatic carbocycles. The normalized spacial score (nSPS) is 34.5. The van der Waals surface area contributed by atoms with E-state index in [1.165, 1.54) is 0 Å². The summed E-state index contributed by atoms with van der Waals surface area (Å²) in [6, 6.07) is 0. The van der Waals surface area contributed by atoms with Crippen LogP contribution in [0.3, 0.4) is 0 Å². The van der Waals surface area contributed by atoms with Crippen LogP contribution >= 0.6 is 0 Å². The minimum atomic E-state index is -0.767. The second-order valence-electron chi connectivity index (χ2n) is 6.24. The summed E-state index contributed by atoms with van der Waals surface area (Å²) < 4.78 is 5.69. The summed E-state index contributed by atoms with van der Waals surface area (Å²) in [7, 11) is 0. The molecule has 2 aliphatic rings. The third kappa shape index (κ3) is 2.39. The molecule has 1 saturated carbocycles. The first-order chi connectivity index (χ1) is 8.93. The second-order valence-corrected chi connectivity index (χ2v) is 6.24. The first-order valence-electron chi connectivity index (χ1n) is 7.34. The number of carbonyl (C=O) groups excluding carboxylic acids is 1.